The molecule has 3 heterocycles. The maximum atomic E-state index is 14.9. The van der Waals surface area contributed by atoms with Crippen LogP contribution in [0.4, 0.5) is 0 Å². The molecule has 0 aliphatic carbocycles. The number of nitrogens with two attached hydrogens (primary N) is 5. The Morgan fingerprint density at radius 1 is 0.352 bits per heavy atom. The van der Waals surface area contributed by atoms with Crippen molar-refractivity contribution in [3.8, 4) is 0 Å². The standard InChI is InChI=1S/C88H144N22O29S3/c1-42(2)36-56(103-72(122)48(89)41-142-47(10)112)78(128)97-51(21-26-65(92)115)77(127)107-71(46(9)111)87(137)110-33-15-18-62(110)82(132)102-54(22-27-66(93)116)85(135)109-32-14-17-61(109)83(133)105-58(38-44(5)6)80(130)104-57(37-43(3)4)79(129)96-50(20-25-64(91)114)76(126)106-70(45(7)8)84(134)100-53(30-35-141-12)74(124)98-52(29-34-140-11)75(125)101-55(23-28-68(118)119)86(136)108-31-13-16-60(108)81(131)99-49(19-24-63(90)113)73(123)94-40-67(117)95-59(88(138)139)39-69(120)121/h42-46,48-62,70-71,111H,13-41,89H2,1-12H3,(H2,90,113)(H2,91,114)(H2,92,115)(H2,93,116)(H,94,123)(H,95,117)(H,96,129)(H,97,128)(H,98,124)(H,99,131)(H,100,134)(H,101,125)(H,102,132)(H,103,122)(H,104,130)(H,105,133)(H,106,126)(H,107,127)(H,118,119)(H,120,121)(H,138,139)/t46-,48+,49+,50+,51+,52+,53+,54+,55+,56+,57+,58+,59+,60+,61+,62+,70+,71+/m1/s1. The number of amides is 21. The Labute approximate surface area is 835 Å². The van der Waals surface area contributed by atoms with E-state index in [1.807, 2.05) is 5.32 Å². The smallest absolute Gasteiger partial charge is 0.326 e. The number of aliphatic carboxylic acids is 3. The van der Waals surface area contributed by atoms with Crippen LogP contribution in [0.1, 0.15) is 210 Å². The van der Waals surface area contributed by atoms with E-state index in [1.165, 1.54) is 44.3 Å². The number of rotatable bonds is 65. The lowest BCUT2D eigenvalue weighted by Gasteiger charge is -2.33. The number of likely N-dealkylation sites (tertiary alicyclic amines) is 3. The van der Waals surface area contributed by atoms with Gasteiger partial charge in [-0.1, -0.05) is 67.2 Å². The van der Waals surface area contributed by atoms with Crippen LogP contribution in [0, 0.1) is 23.7 Å². The molecule has 3 rings (SSSR count). The average Bonchev–Trinajstić information content (AvgIpc) is 1.64. The summed E-state index contributed by atoms with van der Waals surface area (Å²) in [6.07, 6.45) is -4.41. The normalized spacial score (nSPS) is 17.7. The molecule has 18 atom stereocenters. The van der Waals surface area contributed by atoms with Crippen molar-refractivity contribution in [2.24, 2.45) is 52.3 Å². The quantitative estimate of drug-likeness (QED) is 0.0269. The van der Waals surface area contributed by atoms with Crippen molar-refractivity contribution in [2.45, 2.75) is 319 Å². The number of carboxylic acids is 3. The number of carboxylic acid groups (broad SMARTS) is 3. The van der Waals surface area contributed by atoms with Crippen LogP contribution in [0.5, 0.6) is 0 Å². The van der Waals surface area contributed by atoms with Gasteiger partial charge in [0, 0.05) is 64.4 Å². The fraction of sp³-hybridized carbons (Fsp3) is 0.716. The van der Waals surface area contributed by atoms with Gasteiger partial charge in [-0.3, -0.25) is 115 Å². The van der Waals surface area contributed by atoms with E-state index in [0.29, 0.717) is 0 Å². The number of carbonyl (C=O) groups is 25. The summed E-state index contributed by atoms with van der Waals surface area (Å²) in [4.78, 5) is 341. The van der Waals surface area contributed by atoms with Crippen LogP contribution < -0.4 is 103 Å². The zero-order valence-electron chi connectivity index (χ0n) is 82.2. The molecule has 142 heavy (non-hydrogen) atoms. The molecule has 28 N–H and O–H groups in total. The molecule has 0 aromatic rings. The molecule has 0 spiro atoms. The lowest BCUT2D eigenvalue weighted by molar-refractivity contribution is -0.147. The minimum atomic E-state index is -1.89. The summed E-state index contributed by atoms with van der Waals surface area (Å²) in [5, 5.41) is 73.9. The largest absolute Gasteiger partial charge is 0.481 e. The molecule has 21 amide bonds. The maximum absolute atomic E-state index is 14.9. The zero-order chi connectivity index (χ0) is 107. The molecule has 0 saturated carbocycles. The van der Waals surface area contributed by atoms with E-state index in [-0.39, 0.29) is 130 Å². The van der Waals surface area contributed by atoms with Crippen LogP contribution in [0.15, 0.2) is 0 Å². The van der Waals surface area contributed by atoms with Crippen molar-refractivity contribution in [3.05, 3.63) is 0 Å². The molecule has 798 valence electrons. The van der Waals surface area contributed by atoms with Crippen molar-refractivity contribution in [3.63, 3.8) is 0 Å². The summed E-state index contributed by atoms with van der Waals surface area (Å²) in [6.45, 7) is 14.5. The Kier molecular flexibility index (Phi) is 54.5. The summed E-state index contributed by atoms with van der Waals surface area (Å²) in [5.41, 5.74) is 27.9. The van der Waals surface area contributed by atoms with Gasteiger partial charge in [0.2, 0.25) is 124 Å². The first-order chi connectivity index (χ1) is 66.5. The Bertz CT molecular complexity index is 4470. The van der Waals surface area contributed by atoms with Gasteiger partial charge >= 0.3 is 17.9 Å². The van der Waals surface area contributed by atoms with Gasteiger partial charge in [0.05, 0.1) is 25.1 Å². The van der Waals surface area contributed by atoms with Gasteiger partial charge < -0.3 is 138 Å². The average molecular weight is 2070 g/mol. The first-order valence-corrected chi connectivity index (χ1v) is 50.8. The van der Waals surface area contributed by atoms with Crippen LogP contribution in [0.3, 0.4) is 0 Å². The summed E-state index contributed by atoms with van der Waals surface area (Å²) in [5.74, 6) is -26.3. The SMILES string of the molecule is CSCC[C@H](NC(=O)[C@H](CCSC)NC(=O)[C@@H](NC(=O)[C@H](CCC(N)=O)NC(=O)[C@H](CC(C)C)NC(=O)[C@H](CC(C)C)NC(=O)[C@@H]1CCCN1C(=O)[C@H](CCC(N)=O)NC(=O)[C@@H]1CCCN1C(=O)[C@@H](NC(=O)[C@H](CCC(N)=O)NC(=O)[C@H](CC(C)C)NC(=O)[C@@H](N)CSC(C)=O)[C@@H](C)O)C(C)C)C(=O)N[C@@H](CCC(=O)O)C(=O)N1CCC[C@H]1C(=O)N[C@@H](CCC(N)=O)C(=O)NCC(=O)N[C@@H](CC(=O)O)C(=O)O. The van der Waals surface area contributed by atoms with Crippen molar-refractivity contribution in [1.29, 1.82) is 0 Å². The number of hydrogen-bond donors (Lipinski definition) is 23. The predicted molar refractivity (Wildman–Crippen MR) is 515 cm³/mol. The monoisotopic (exact) mass is 2070 g/mol. The minimum absolute atomic E-state index is 0.00342. The van der Waals surface area contributed by atoms with Gasteiger partial charge in [-0.05, 0) is 157 Å². The molecule has 3 aliphatic rings. The number of aliphatic hydroxyl groups is 1. The Morgan fingerprint density at radius 2 is 0.662 bits per heavy atom. The number of primary amides is 4. The number of thioether (sulfide) groups is 3. The van der Waals surface area contributed by atoms with Crippen LogP contribution in [-0.4, -0.2) is 347 Å². The predicted octanol–water partition coefficient (Wildman–Crippen LogP) is -6.85. The van der Waals surface area contributed by atoms with Crippen molar-refractivity contribution >= 4 is 182 Å². The fourth-order valence-electron chi connectivity index (χ4n) is 15.7. The lowest BCUT2D eigenvalue weighted by atomic mass is 9.98. The molecule has 54 heteroatoms. The van der Waals surface area contributed by atoms with Crippen LogP contribution >= 0.6 is 35.3 Å². The molecule has 0 aromatic carbocycles. The van der Waals surface area contributed by atoms with Crippen molar-refractivity contribution < 1.29 is 140 Å². The molecular weight excluding hydrogens is 1930 g/mol. The third kappa shape index (κ3) is 43.8. The fourth-order valence-corrected chi connectivity index (χ4v) is 17.2. The van der Waals surface area contributed by atoms with Crippen LogP contribution in [0.25, 0.3) is 0 Å². The molecule has 0 unspecified atom stereocenters. The topological polar surface area (TPSA) is 816 Å². The van der Waals surface area contributed by atoms with Crippen LogP contribution in [0.2, 0.25) is 0 Å². The van der Waals surface area contributed by atoms with E-state index in [4.69, 9.17) is 33.8 Å². The van der Waals surface area contributed by atoms with Gasteiger partial charge in [-0.15, -0.1) is 0 Å². The van der Waals surface area contributed by atoms with Crippen LogP contribution in [-0.2, 0) is 120 Å². The number of nitrogens with zero attached hydrogens (tertiary/aromatic N) is 3. The third-order valence-electron chi connectivity index (χ3n) is 23.0. The zero-order valence-corrected chi connectivity index (χ0v) is 84.6. The molecular formula is C88H144N22O29S3. The molecule has 0 radical (unpaired) electrons. The lowest BCUT2D eigenvalue weighted by Crippen LogP contribution is -2.62. The number of aliphatic hydroxyl groups excluding tert-OH is 1. The second kappa shape index (κ2) is 62.4. The molecule has 3 fully saturated rings. The highest BCUT2D eigenvalue weighted by atomic mass is 32.2. The van der Waals surface area contributed by atoms with E-state index in [9.17, 15) is 135 Å². The van der Waals surface area contributed by atoms with Crippen molar-refractivity contribution in [1.82, 2.24) is 89.1 Å². The number of nitrogens with one attached hydrogen (secondary N) is 14. The van der Waals surface area contributed by atoms with E-state index in [1.54, 1.807) is 54.1 Å². The first kappa shape index (κ1) is 124. The van der Waals surface area contributed by atoms with Gasteiger partial charge in [0.1, 0.15) is 96.7 Å². The Morgan fingerprint density at radius 3 is 1.02 bits per heavy atom. The molecule has 3 aliphatic heterocycles. The number of carbonyl (C=O) groups excluding carboxylic acids is 22. The highest BCUT2D eigenvalue weighted by molar-refractivity contribution is 8.13. The van der Waals surface area contributed by atoms with E-state index < -0.39 is 334 Å². The molecule has 51 nitrogen and oxygen atoms in total. The minimum Gasteiger partial charge on any atom is -0.481 e. The first-order valence-electron chi connectivity index (χ1n) is 47.0. The van der Waals surface area contributed by atoms with E-state index in [2.05, 4.69) is 69.1 Å². The number of hydrogen-bond acceptors (Lipinski definition) is 30. The molecule has 3 saturated heterocycles. The Hall–Kier alpha value is -12.1. The van der Waals surface area contributed by atoms with Gasteiger partial charge in [-0.25, -0.2) is 4.79 Å². The van der Waals surface area contributed by atoms with E-state index in [0.717, 1.165) is 33.4 Å². The maximum Gasteiger partial charge on any atom is 0.326 e. The van der Waals surface area contributed by atoms with Gasteiger partial charge in [0.15, 0.2) is 5.12 Å². The highest BCUT2D eigenvalue weighted by Crippen LogP contribution is 2.26. The Balaban J connectivity index is 1.90. The van der Waals surface area contributed by atoms with Gasteiger partial charge in [0.25, 0.3) is 0 Å². The molecule has 0 aromatic heterocycles. The third-order valence-corrected chi connectivity index (χ3v) is 25.3. The van der Waals surface area contributed by atoms with E-state index >= 15 is 0 Å². The highest BCUT2D eigenvalue weighted by Gasteiger charge is 2.47. The second-order valence-corrected chi connectivity index (χ2v) is 39.9. The molecule has 0 bridgehead atoms. The summed E-state index contributed by atoms with van der Waals surface area (Å²) >= 11 is 3.28. The second-order valence-electron chi connectivity index (χ2n) is 36.7. The van der Waals surface area contributed by atoms with Gasteiger partial charge in [-0.2, -0.15) is 23.5 Å². The summed E-state index contributed by atoms with van der Waals surface area (Å²) in [7, 11) is 0. The van der Waals surface area contributed by atoms with Crippen molar-refractivity contribution in [2.75, 3.05) is 55.9 Å². The summed E-state index contributed by atoms with van der Waals surface area (Å²) < 4.78 is 0. The summed E-state index contributed by atoms with van der Waals surface area (Å²) in [6, 6.07) is -26.1.